The van der Waals surface area contributed by atoms with Crippen molar-refractivity contribution in [1.29, 1.82) is 0 Å². The molecule has 3 rings (SSSR count). The second-order valence-corrected chi connectivity index (χ2v) is 5.46. The summed E-state index contributed by atoms with van der Waals surface area (Å²) in [5.74, 6) is 0.00387. The number of aromatic nitrogens is 1. The molecule has 7 nitrogen and oxygen atoms in total. The molecule has 1 aromatic heterocycles. The molecule has 0 atom stereocenters. The molecule has 0 unspecified atom stereocenters. The molecule has 0 aliphatic carbocycles. The standard InChI is InChI=1S/C15H20N4O3/c20-12-17-1-3-18(4-2-17)14-9-13(10-16-11-14)15(21)19-5-7-22-8-6-19/h9-12H,1-8H2. The first-order chi connectivity index (χ1) is 10.8. The smallest absolute Gasteiger partial charge is 0.255 e. The fourth-order valence-corrected chi connectivity index (χ4v) is 2.75. The zero-order chi connectivity index (χ0) is 15.4. The summed E-state index contributed by atoms with van der Waals surface area (Å²) in [7, 11) is 0. The number of nitrogens with zero attached hydrogens (tertiary/aromatic N) is 4. The third kappa shape index (κ3) is 3.19. The second-order valence-electron chi connectivity index (χ2n) is 5.46. The van der Waals surface area contributed by atoms with Gasteiger partial charge in [-0.25, -0.2) is 0 Å². The summed E-state index contributed by atoms with van der Waals surface area (Å²) >= 11 is 0. The van der Waals surface area contributed by atoms with Crippen molar-refractivity contribution in [3.05, 3.63) is 24.0 Å². The molecule has 0 spiro atoms. The first-order valence-corrected chi connectivity index (χ1v) is 7.54. The van der Waals surface area contributed by atoms with E-state index in [2.05, 4.69) is 9.88 Å². The third-order valence-electron chi connectivity index (χ3n) is 4.10. The summed E-state index contributed by atoms with van der Waals surface area (Å²) in [4.78, 5) is 33.2. The average molecular weight is 304 g/mol. The Labute approximate surface area is 129 Å². The van der Waals surface area contributed by atoms with E-state index in [0.717, 1.165) is 25.2 Å². The van der Waals surface area contributed by atoms with E-state index in [0.29, 0.717) is 45.0 Å². The van der Waals surface area contributed by atoms with Crippen molar-refractivity contribution in [3.63, 3.8) is 0 Å². The molecule has 0 radical (unpaired) electrons. The van der Waals surface area contributed by atoms with E-state index in [9.17, 15) is 9.59 Å². The van der Waals surface area contributed by atoms with Crippen molar-refractivity contribution in [2.75, 3.05) is 57.4 Å². The topological polar surface area (TPSA) is 66.0 Å². The summed E-state index contributed by atoms with van der Waals surface area (Å²) in [6.45, 7) is 5.35. The van der Waals surface area contributed by atoms with Crippen LogP contribution in [-0.2, 0) is 9.53 Å². The van der Waals surface area contributed by atoms with Crippen LogP contribution in [0.1, 0.15) is 10.4 Å². The zero-order valence-electron chi connectivity index (χ0n) is 12.5. The Bertz CT molecular complexity index is 537. The van der Waals surface area contributed by atoms with Crippen LogP contribution in [0.4, 0.5) is 5.69 Å². The highest BCUT2D eigenvalue weighted by Gasteiger charge is 2.21. The minimum atomic E-state index is 0.00387. The minimum Gasteiger partial charge on any atom is -0.378 e. The highest BCUT2D eigenvalue weighted by atomic mass is 16.5. The molecule has 1 aromatic rings. The van der Waals surface area contributed by atoms with Gasteiger partial charge in [-0.3, -0.25) is 14.6 Å². The molecule has 22 heavy (non-hydrogen) atoms. The van der Waals surface area contributed by atoms with Gasteiger partial charge in [0.1, 0.15) is 0 Å². The lowest BCUT2D eigenvalue weighted by Gasteiger charge is -2.34. The van der Waals surface area contributed by atoms with Crippen LogP contribution < -0.4 is 4.90 Å². The number of ether oxygens (including phenoxy) is 1. The van der Waals surface area contributed by atoms with Gasteiger partial charge in [-0.1, -0.05) is 0 Å². The molecule has 7 heteroatoms. The maximum absolute atomic E-state index is 12.5. The number of carbonyl (C=O) groups excluding carboxylic acids is 2. The van der Waals surface area contributed by atoms with Crippen LogP contribution in [0.3, 0.4) is 0 Å². The van der Waals surface area contributed by atoms with Crippen molar-refractivity contribution in [1.82, 2.24) is 14.8 Å². The van der Waals surface area contributed by atoms with E-state index in [1.807, 2.05) is 6.07 Å². The molecule has 2 fully saturated rings. The molecule has 0 aromatic carbocycles. The highest BCUT2D eigenvalue weighted by Crippen LogP contribution is 2.18. The molecule has 2 amide bonds. The number of carbonyl (C=O) groups is 2. The summed E-state index contributed by atoms with van der Waals surface area (Å²) in [5.41, 5.74) is 1.54. The quantitative estimate of drug-likeness (QED) is 0.726. The van der Waals surface area contributed by atoms with E-state index in [1.54, 1.807) is 22.2 Å². The van der Waals surface area contributed by atoms with E-state index in [-0.39, 0.29) is 5.91 Å². The van der Waals surface area contributed by atoms with Crippen molar-refractivity contribution >= 4 is 18.0 Å². The average Bonchev–Trinajstić information content (AvgIpc) is 2.62. The first kappa shape index (κ1) is 14.8. The fourth-order valence-electron chi connectivity index (χ4n) is 2.75. The van der Waals surface area contributed by atoms with Crippen LogP contribution in [0.2, 0.25) is 0 Å². The summed E-state index contributed by atoms with van der Waals surface area (Å²) in [6, 6.07) is 1.89. The van der Waals surface area contributed by atoms with Crippen molar-refractivity contribution in [2.45, 2.75) is 0 Å². The van der Waals surface area contributed by atoms with Crippen LogP contribution in [0.15, 0.2) is 18.5 Å². The van der Waals surface area contributed by atoms with Gasteiger partial charge in [0.15, 0.2) is 0 Å². The van der Waals surface area contributed by atoms with Gasteiger partial charge < -0.3 is 19.4 Å². The molecule has 0 saturated carbocycles. The van der Waals surface area contributed by atoms with Gasteiger partial charge in [0.05, 0.1) is 30.7 Å². The molecular weight excluding hydrogens is 284 g/mol. The number of pyridine rings is 1. The Morgan fingerprint density at radius 1 is 1.09 bits per heavy atom. The van der Waals surface area contributed by atoms with Crippen LogP contribution in [0.5, 0.6) is 0 Å². The second kappa shape index (κ2) is 6.74. The molecule has 118 valence electrons. The largest absolute Gasteiger partial charge is 0.378 e. The van der Waals surface area contributed by atoms with Crippen molar-refractivity contribution in [3.8, 4) is 0 Å². The van der Waals surface area contributed by atoms with Gasteiger partial charge in [0.2, 0.25) is 6.41 Å². The zero-order valence-corrected chi connectivity index (χ0v) is 12.5. The summed E-state index contributed by atoms with van der Waals surface area (Å²) < 4.78 is 5.27. The molecule has 0 N–H and O–H groups in total. The highest BCUT2D eigenvalue weighted by molar-refractivity contribution is 5.94. The lowest BCUT2D eigenvalue weighted by Crippen LogP contribution is -2.45. The third-order valence-corrected chi connectivity index (χ3v) is 4.10. The fraction of sp³-hybridized carbons (Fsp3) is 0.533. The maximum atomic E-state index is 12.5. The Kier molecular flexibility index (Phi) is 4.53. The summed E-state index contributed by atoms with van der Waals surface area (Å²) in [6.07, 6.45) is 4.27. The molecule has 2 aliphatic heterocycles. The van der Waals surface area contributed by atoms with Crippen LogP contribution in [0.25, 0.3) is 0 Å². The Morgan fingerprint density at radius 3 is 2.50 bits per heavy atom. The van der Waals surface area contributed by atoms with Crippen LogP contribution in [0, 0.1) is 0 Å². The van der Waals surface area contributed by atoms with E-state index >= 15 is 0 Å². The molecule has 2 saturated heterocycles. The Hall–Kier alpha value is -2.15. The minimum absolute atomic E-state index is 0.00387. The normalized spacial score (nSPS) is 19.2. The molecule has 0 bridgehead atoms. The number of piperazine rings is 1. The van der Waals surface area contributed by atoms with Gasteiger partial charge in [-0.05, 0) is 6.07 Å². The predicted octanol–water partition coefficient (Wildman–Crippen LogP) is -0.168. The van der Waals surface area contributed by atoms with Gasteiger partial charge >= 0.3 is 0 Å². The predicted molar refractivity (Wildman–Crippen MR) is 80.8 cm³/mol. The number of anilines is 1. The monoisotopic (exact) mass is 304 g/mol. The molecule has 3 heterocycles. The Morgan fingerprint density at radius 2 is 1.82 bits per heavy atom. The number of rotatable bonds is 3. The van der Waals surface area contributed by atoms with Gasteiger partial charge in [-0.2, -0.15) is 0 Å². The Balaban J connectivity index is 1.69. The number of hydrogen-bond acceptors (Lipinski definition) is 5. The number of hydrogen-bond donors (Lipinski definition) is 0. The van der Waals surface area contributed by atoms with Gasteiger partial charge in [-0.15, -0.1) is 0 Å². The van der Waals surface area contributed by atoms with Crippen LogP contribution >= 0.6 is 0 Å². The number of morpholine rings is 1. The van der Waals surface area contributed by atoms with Crippen molar-refractivity contribution in [2.24, 2.45) is 0 Å². The lowest BCUT2D eigenvalue weighted by atomic mass is 10.2. The number of amides is 2. The van der Waals surface area contributed by atoms with E-state index in [4.69, 9.17) is 4.74 Å². The van der Waals surface area contributed by atoms with E-state index in [1.165, 1.54) is 0 Å². The first-order valence-electron chi connectivity index (χ1n) is 7.54. The van der Waals surface area contributed by atoms with Crippen LogP contribution in [-0.4, -0.2) is 79.6 Å². The van der Waals surface area contributed by atoms with Gasteiger partial charge in [0.25, 0.3) is 5.91 Å². The van der Waals surface area contributed by atoms with E-state index < -0.39 is 0 Å². The maximum Gasteiger partial charge on any atom is 0.255 e. The van der Waals surface area contributed by atoms with Crippen molar-refractivity contribution < 1.29 is 14.3 Å². The SMILES string of the molecule is O=CN1CCN(c2cncc(C(=O)N3CCOCC3)c2)CC1. The van der Waals surface area contributed by atoms with Gasteiger partial charge in [0, 0.05) is 45.5 Å². The molecule has 2 aliphatic rings. The lowest BCUT2D eigenvalue weighted by molar-refractivity contribution is -0.118. The molecular formula is C15H20N4O3. The summed E-state index contributed by atoms with van der Waals surface area (Å²) in [5, 5.41) is 0.